The summed E-state index contributed by atoms with van der Waals surface area (Å²) in [6.07, 6.45) is 6.07. The van der Waals surface area contributed by atoms with E-state index in [1.165, 1.54) is 6.92 Å². The summed E-state index contributed by atoms with van der Waals surface area (Å²) in [5.41, 5.74) is 0.111. The number of amides is 1. The summed E-state index contributed by atoms with van der Waals surface area (Å²) in [6, 6.07) is 8.79. The Balaban J connectivity index is 2.84. The summed E-state index contributed by atoms with van der Waals surface area (Å²) in [6.45, 7) is 11.5. The number of hydrogen-bond acceptors (Lipinski definition) is 5. The number of unbranched alkanes of at least 4 members (excludes halogenated alkanes) is 1. The first kappa shape index (κ1) is 26.7. The number of rotatable bonds is 16. The molecule has 0 spiro atoms. The van der Waals surface area contributed by atoms with Crippen LogP contribution in [-0.4, -0.2) is 42.3 Å². The van der Waals surface area contributed by atoms with E-state index in [-0.39, 0.29) is 17.7 Å². The Bertz CT molecular complexity index is 705. The minimum Gasteiger partial charge on any atom is -0.344 e. The Kier molecular flexibility index (Phi) is 12.0. The summed E-state index contributed by atoms with van der Waals surface area (Å²) < 4.78 is 0. The first-order chi connectivity index (χ1) is 14.7. The van der Waals surface area contributed by atoms with Crippen LogP contribution in [-0.2, 0) is 20.8 Å². The Morgan fingerprint density at radius 3 is 2.42 bits per heavy atom. The molecule has 0 aliphatic rings. The van der Waals surface area contributed by atoms with E-state index >= 15 is 0 Å². The van der Waals surface area contributed by atoms with Crippen molar-refractivity contribution in [3.05, 3.63) is 48.6 Å². The molecule has 0 aromatic heterocycles. The van der Waals surface area contributed by atoms with Gasteiger partial charge in [-0.05, 0) is 57.4 Å². The van der Waals surface area contributed by atoms with Crippen molar-refractivity contribution in [2.24, 2.45) is 5.92 Å². The molecule has 0 saturated heterocycles. The van der Waals surface area contributed by atoms with Gasteiger partial charge in [-0.3, -0.25) is 20.2 Å². The average Bonchev–Trinajstić information content (AvgIpc) is 2.73. The smallest absolute Gasteiger partial charge is 0.240 e. The van der Waals surface area contributed by atoms with Gasteiger partial charge in [0.25, 0.3) is 0 Å². The topological polar surface area (TPSA) is 87.3 Å². The third kappa shape index (κ3) is 10.0. The number of carbonyl (C=O) groups is 3. The SMILES string of the molecule is C=CCCC[C@](C)(NCN[C@H](C=O)CC(C)C)C(=O)N[C@@H](Cc1ccccc1)C(C)=O. The summed E-state index contributed by atoms with van der Waals surface area (Å²) >= 11 is 0. The quantitative estimate of drug-likeness (QED) is 0.163. The molecule has 0 aliphatic carbocycles. The second kappa shape index (κ2) is 13.9. The first-order valence-corrected chi connectivity index (χ1v) is 11.1. The predicted octanol–water partition coefficient (Wildman–Crippen LogP) is 3.17. The Morgan fingerprint density at radius 1 is 1.19 bits per heavy atom. The largest absolute Gasteiger partial charge is 0.344 e. The van der Waals surface area contributed by atoms with Gasteiger partial charge in [0.2, 0.25) is 5.91 Å². The molecule has 1 rings (SSSR count). The van der Waals surface area contributed by atoms with Crippen LogP contribution < -0.4 is 16.0 Å². The number of hydrogen-bond donors (Lipinski definition) is 3. The molecular weight excluding hydrogens is 390 g/mol. The van der Waals surface area contributed by atoms with Crippen LogP contribution in [0.2, 0.25) is 0 Å². The second-order valence-electron chi connectivity index (χ2n) is 8.77. The number of carbonyl (C=O) groups excluding carboxylic acids is 3. The lowest BCUT2D eigenvalue weighted by molar-refractivity contribution is -0.131. The zero-order valence-electron chi connectivity index (χ0n) is 19.4. The van der Waals surface area contributed by atoms with Crippen molar-refractivity contribution in [1.29, 1.82) is 0 Å². The molecule has 1 amide bonds. The van der Waals surface area contributed by atoms with Gasteiger partial charge in [0.05, 0.1) is 17.6 Å². The van der Waals surface area contributed by atoms with Gasteiger partial charge in [-0.2, -0.15) is 0 Å². The second-order valence-corrected chi connectivity index (χ2v) is 8.77. The van der Waals surface area contributed by atoms with Gasteiger partial charge in [-0.25, -0.2) is 0 Å². The fourth-order valence-corrected chi connectivity index (χ4v) is 3.42. The Hall–Kier alpha value is -2.31. The number of Topliss-reactive ketones (excluding diaryl/α,β-unsaturated/α-hetero) is 1. The van der Waals surface area contributed by atoms with E-state index in [0.29, 0.717) is 25.4 Å². The molecule has 172 valence electrons. The summed E-state index contributed by atoms with van der Waals surface area (Å²) in [5, 5.41) is 9.39. The van der Waals surface area contributed by atoms with Crippen LogP contribution in [0.15, 0.2) is 43.0 Å². The minimum absolute atomic E-state index is 0.0817. The highest BCUT2D eigenvalue weighted by Crippen LogP contribution is 2.16. The molecule has 0 heterocycles. The van der Waals surface area contributed by atoms with E-state index in [4.69, 9.17) is 0 Å². The van der Waals surface area contributed by atoms with E-state index in [9.17, 15) is 14.4 Å². The van der Waals surface area contributed by atoms with Crippen LogP contribution in [0.3, 0.4) is 0 Å². The molecule has 0 unspecified atom stereocenters. The van der Waals surface area contributed by atoms with E-state index in [1.54, 1.807) is 0 Å². The highest BCUT2D eigenvalue weighted by Gasteiger charge is 2.34. The van der Waals surface area contributed by atoms with Gasteiger partial charge in [-0.1, -0.05) is 50.3 Å². The monoisotopic (exact) mass is 429 g/mol. The standard InChI is InChI=1S/C25H39N3O3/c1-6-7-11-14-25(5,27-18-26-22(17-29)15-19(2)3)24(31)28-23(20(4)30)16-21-12-9-8-10-13-21/h6,8-10,12-13,17,19,22-23,26-27H,1,7,11,14-16,18H2,2-5H3,(H,28,31)/t22-,23-,25-/m0/s1. The third-order valence-corrected chi connectivity index (χ3v) is 5.40. The van der Waals surface area contributed by atoms with Crippen LogP contribution in [0.4, 0.5) is 0 Å². The first-order valence-electron chi connectivity index (χ1n) is 11.1. The van der Waals surface area contributed by atoms with Gasteiger partial charge in [-0.15, -0.1) is 6.58 Å². The molecule has 0 aliphatic heterocycles. The summed E-state index contributed by atoms with van der Waals surface area (Å²) in [7, 11) is 0. The molecular formula is C25H39N3O3. The molecule has 1 aromatic rings. The number of ketones is 1. The number of benzene rings is 1. The maximum absolute atomic E-state index is 13.2. The van der Waals surface area contributed by atoms with Gasteiger partial charge in [0.1, 0.15) is 6.29 Å². The lowest BCUT2D eigenvalue weighted by Gasteiger charge is -2.32. The fourth-order valence-electron chi connectivity index (χ4n) is 3.42. The van der Waals surface area contributed by atoms with Crippen LogP contribution in [0.5, 0.6) is 0 Å². The molecule has 6 heteroatoms. The lowest BCUT2D eigenvalue weighted by atomic mass is 9.92. The Morgan fingerprint density at radius 2 is 1.87 bits per heavy atom. The summed E-state index contributed by atoms with van der Waals surface area (Å²) in [4.78, 5) is 36.8. The van der Waals surface area contributed by atoms with Crippen molar-refractivity contribution in [2.75, 3.05) is 6.67 Å². The molecule has 0 fully saturated rings. The van der Waals surface area contributed by atoms with Crippen LogP contribution >= 0.6 is 0 Å². The third-order valence-electron chi connectivity index (χ3n) is 5.40. The fraction of sp³-hybridized carbons (Fsp3) is 0.560. The van der Waals surface area contributed by atoms with E-state index < -0.39 is 11.6 Å². The van der Waals surface area contributed by atoms with Gasteiger partial charge in [0, 0.05) is 6.67 Å². The normalized spacial score (nSPS) is 15.0. The zero-order valence-corrected chi connectivity index (χ0v) is 19.4. The lowest BCUT2D eigenvalue weighted by Crippen LogP contribution is -2.60. The van der Waals surface area contributed by atoms with Gasteiger partial charge < -0.3 is 10.1 Å². The predicted molar refractivity (Wildman–Crippen MR) is 126 cm³/mol. The highest BCUT2D eigenvalue weighted by atomic mass is 16.2. The van der Waals surface area contributed by atoms with Crippen molar-refractivity contribution < 1.29 is 14.4 Å². The molecule has 3 N–H and O–H groups in total. The minimum atomic E-state index is -0.883. The number of aldehydes is 1. The van der Waals surface area contributed by atoms with Gasteiger partial charge in [0.15, 0.2) is 5.78 Å². The molecule has 1 aromatic carbocycles. The van der Waals surface area contributed by atoms with Crippen LogP contribution in [0, 0.1) is 5.92 Å². The summed E-state index contributed by atoms with van der Waals surface area (Å²) in [5.74, 6) is 0.0852. The molecule has 0 bridgehead atoms. The van der Waals surface area contributed by atoms with Crippen LogP contribution in [0.25, 0.3) is 0 Å². The average molecular weight is 430 g/mol. The van der Waals surface area contributed by atoms with Crippen molar-refractivity contribution in [3.63, 3.8) is 0 Å². The maximum atomic E-state index is 13.2. The van der Waals surface area contributed by atoms with Gasteiger partial charge >= 0.3 is 0 Å². The number of nitrogens with one attached hydrogen (secondary N) is 3. The molecule has 0 radical (unpaired) electrons. The van der Waals surface area contributed by atoms with Crippen molar-refractivity contribution in [2.45, 2.75) is 77.4 Å². The van der Waals surface area contributed by atoms with E-state index in [1.807, 2.05) is 43.3 Å². The highest BCUT2D eigenvalue weighted by molar-refractivity contribution is 5.92. The Labute approximate surface area is 187 Å². The molecule has 6 nitrogen and oxygen atoms in total. The molecule has 3 atom stereocenters. The molecule has 31 heavy (non-hydrogen) atoms. The zero-order chi connectivity index (χ0) is 23.3. The van der Waals surface area contributed by atoms with E-state index in [2.05, 4.69) is 36.4 Å². The number of allylic oxidation sites excluding steroid dienone is 1. The van der Waals surface area contributed by atoms with Crippen LogP contribution in [0.1, 0.15) is 58.9 Å². The van der Waals surface area contributed by atoms with Crippen molar-refractivity contribution in [1.82, 2.24) is 16.0 Å². The van der Waals surface area contributed by atoms with Crippen molar-refractivity contribution >= 4 is 18.0 Å². The van der Waals surface area contributed by atoms with Crippen molar-refractivity contribution in [3.8, 4) is 0 Å². The maximum Gasteiger partial charge on any atom is 0.240 e. The molecule has 0 saturated carbocycles. The van der Waals surface area contributed by atoms with E-state index in [0.717, 1.165) is 31.1 Å².